The van der Waals surface area contributed by atoms with E-state index >= 15 is 0 Å². The number of carboxylic acid groups (broad SMARTS) is 1. The maximum Gasteiger partial charge on any atom is 0.325 e. The van der Waals surface area contributed by atoms with E-state index in [0.717, 1.165) is 4.88 Å². The first-order valence-corrected chi connectivity index (χ1v) is 7.56. The second-order valence-electron chi connectivity index (χ2n) is 3.78. The number of aliphatic carboxylic acids is 1. The van der Waals surface area contributed by atoms with Crippen LogP contribution in [-0.4, -0.2) is 41.5 Å². The summed E-state index contributed by atoms with van der Waals surface area (Å²) >= 11 is 2.74. The molecule has 0 aromatic carbocycles. The molecule has 0 saturated carbocycles. The normalized spacial score (nSPS) is 10.9. The lowest BCUT2D eigenvalue weighted by atomic mass is 10.5. The molecule has 0 aliphatic carbocycles. The zero-order valence-corrected chi connectivity index (χ0v) is 12.0. The molecule has 0 bridgehead atoms. The number of carboxylic acids is 1. The van der Waals surface area contributed by atoms with Crippen LogP contribution in [0.1, 0.15) is 5.89 Å². The standard InChI is InChI=1S/C10H8N6O3S2/c17-8(18)4-16-10(13-14-15-16)21-5-7-11-12-9(19-7)6-2-1-3-20-6/h1-3H,4-5H2,(H,17,18). The fourth-order valence-corrected chi connectivity index (χ4v) is 2.82. The van der Waals surface area contributed by atoms with E-state index in [9.17, 15) is 4.79 Å². The van der Waals surface area contributed by atoms with Gasteiger partial charge in [0, 0.05) is 0 Å². The summed E-state index contributed by atoms with van der Waals surface area (Å²) in [6, 6.07) is 3.79. The van der Waals surface area contributed by atoms with Gasteiger partial charge in [0.05, 0.1) is 10.6 Å². The van der Waals surface area contributed by atoms with E-state index in [4.69, 9.17) is 9.52 Å². The minimum absolute atomic E-state index is 0.292. The van der Waals surface area contributed by atoms with Gasteiger partial charge in [0.2, 0.25) is 11.0 Å². The molecule has 3 aromatic heterocycles. The van der Waals surface area contributed by atoms with Crippen LogP contribution in [0.25, 0.3) is 10.8 Å². The van der Waals surface area contributed by atoms with E-state index in [2.05, 4.69) is 25.7 Å². The molecule has 3 heterocycles. The molecule has 0 amide bonds. The number of hydrogen-bond acceptors (Lipinski definition) is 9. The first kappa shape index (κ1) is 13.7. The maximum atomic E-state index is 10.7. The predicted octanol–water partition coefficient (Wildman–Crippen LogP) is 1.16. The van der Waals surface area contributed by atoms with Crippen LogP contribution in [0.3, 0.4) is 0 Å². The Balaban J connectivity index is 1.66. The molecule has 3 aromatic rings. The predicted molar refractivity (Wildman–Crippen MR) is 72.6 cm³/mol. The molecular weight excluding hydrogens is 316 g/mol. The Bertz CT molecular complexity index is 738. The van der Waals surface area contributed by atoms with Crippen LogP contribution >= 0.6 is 23.1 Å². The summed E-state index contributed by atoms with van der Waals surface area (Å²) in [5.41, 5.74) is 0. The third kappa shape index (κ3) is 3.25. The van der Waals surface area contributed by atoms with Gasteiger partial charge in [-0.3, -0.25) is 4.79 Å². The highest BCUT2D eigenvalue weighted by Crippen LogP contribution is 2.25. The van der Waals surface area contributed by atoms with Gasteiger partial charge in [0.25, 0.3) is 5.89 Å². The number of thioether (sulfide) groups is 1. The fourth-order valence-electron chi connectivity index (χ4n) is 1.47. The monoisotopic (exact) mass is 324 g/mol. The molecule has 0 unspecified atom stereocenters. The molecule has 0 spiro atoms. The van der Waals surface area contributed by atoms with E-state index in [0.29, 0.717) is 22.7 Å². The molecule has 21 heavy (non-hydrogen) atoms. The van der Waals surface area contributed by atoms with Crippen molar-refractivity contribution < 1.29 is 14.3 Å². The van der Waals surface area contributed by atoms with Gasteiger partial charge in [-0.05, 0) is 21.9 Å². The molecule has 108 valence electrons. The lowest BCUT2D eigenvalue weighted by molar-refractivity contribution is -0.138. The van der Waals surface area contributed by atoms with Crippen molar-refractivity contribution in [1.82, 2.24) is 30.4 Å². The minimum Gasteiger partial charge on any atom is -0.480 e. The molecule has 0 aliphatic heterocycles. The third-order valence-electron chi connectivity index (χ3n) is 2.31. The third-order valence-corrected chi connectivity index (χ3v) is 4.11. The Morgan fingerprint density at radius 1 is 1.43 bits per heavy atom. The van der Waals surface area contributed by atoms with Crippen molar-refractivity contribution in [2.45, 2.75) is 17.5 Å². The van der Waals surface area contributed by atoms with E-state index in [-0.39, 0.29) is 6.54 Å². The first-order valence-electron chi connectivity index (χ1n) is 5.69. The number of tetrazole rings is 1. The van der Waals surface area contributed by atoms with Gasteiger partial charge in [-0.25, -0.2) is 4.68 Å². The second kappa shape index (κ2) is 6.01. The highest BCUT2D eigenvalue weighted by atomic mass is 32.2. The van der Waals surface area contributed by atoms with Crippen LogP contribution in [0.15, 0.2) is 27.1 Å². The quantitative estimate of drug-likeness (QED) is 0.666. The molecular formula is C10H8N6O3S2. The van der Waals surface area contributed by atoms with Crippen LogP contribution in [0, 0.1) is 0 Å². The van der Waals surface area contributed by atoms with E-state index in [1.54, 1.807) is 0 Å². The summed E-state index contributed by atoms with van der Waals surface area (Å²) < 4.78 is 6.72. The molecule has 1 N–H and O–H groups in total. The van der Waals surface area contributed by atoms with Crippen molar-refractivity contribution in [3.05, 3.63) is 23.4 Å². The minimum atomic E-state index is -1.01. The summed E-state index contributed by atoms with van der Waals surface area (Å²) in [5, 5.41) is 29.7. The number of thiophene rings is 1. The molecule has 3 rings (SSSR count). The van der Waals surface area contributed by atoms with E-state index in [1.807, 2.05) is 17.5 Å². The van der Waals surface area contributed by atoms with Gasteiger partial charge >= 0.3 is 5.97 Å². The Morgan fingerprint density at radius 2 is 2.33 bits per heavy atom. The second-order valence-corrected chi connectivity index (χ2v) is 5.67. The molecule has 9 nitrogen and oxygen atoms in total. The lowest BCUT2D eigenvalue weighted by Gasteiger charge is -1.98. The van der Waals surface area contributed by atoms with E-state index in [1.165, 1.54) is 27.8 Å². The number of aromatic nitrogens is 6. The van der Waals surface area contributed by atoms with Crippen LogP contribution in [0.2, 0.25) is 0 Å². The molecule has 0 atom stereocenters. The van der Waals surface area contributed by atoms with Crippen LogP contribution in [0.5, 0.6) is 0 Å². The molecule has 0 radical (unpaired) electrons. The van der Waals surface area contributed by atoms with Crippen molar-refractivity contribution in [2.24, 2.45) is 0 Å². The molecule has 0 fully saturated rings. The van der Waals surface area contributed by atoms with Crippen molar-refractivity contribution in [3.8, 4) is 10.8 Å². The Hall–Kier alpha value is -2.27. The van der Waals surface area contributed by atoms with Crippen molar-refractivity contribution in [3.63, 3.8) is 0 Å². The van der Waals surface area contributed by atoms with Gasteiger partial charge in [-0.15, -0.1) is 26.6 Å². The van der Waals surface area contributed by atoms with Gasteiger partial charge < -0.3 is 9.52 Å². The van der Waals surface area contributed by atoms with Gasteiger partial charge in [0.15, 0.2) is 0 Å². The van der Waals surface area contributed by atoms with Crippen LogP contribution < -0.4 is 0 Å². The summed E-state index contributed by atoms with van der Waals surface area (Å²) in [6.07, 6.45) is 0. The topological polar surface area (TPSA) is 120 Å². The van der Waals surface area contributed by atoms with Gasteiger partial charge in [-0.2, -0.15) is 0 Å². The zero-order chi connectivity index (χ0) is 14.7. The van der Waals surface area contributed by atoms with Crippen molar-refractivity contribution in [2.75, 3.05) is 0 Å². The smallest absolute Gasteiger partial charge is 0.325 e. The summed E-state index contributed by atoms with van der Waals surface area (Å²) in [4.78, 5) is 11.6. The van der Waals surface area contributed by atoms with Crippen molar-refractivity contribution in [1.29, 1.82) is 0 Å². The Morgan fingerprint density at radius 3 is 3.10 bits per heavy atom. The highest BCUT2D eigenvalue weighted by Gasteiger charge is 2.13. The Labute approximate surface area is 126 Å². The summed E-state index contributed by atoms with van der Waals surface area (Å²) in [6.45, 7) is -0.292. The highest BCUT2D eigenvalue weighted by molar-refractivity contribution is 7.98. The Kier molecular flexibility index (Phi) is 3.92. The van der Waals surface area contributed by atoms with E-state index < -0.39 is 5.97 Å². The zero-order valence-electron chi connectivity index (χ0n) is 10.4. The number of hydrogen-bond donors (Lipinski definition) is 1. The number of rotatable bonds is 6. The van der Waals surface area contributed by atoms with Gasteiger partial charge in [0.1, 0.15) is 6.54 Å². The maximum absolute atomic E-state index is 10.7. The fraction of sp³-hybridized carbons (Fsp3) is 0.200. The largest absolute Gasteiger partial charge is 0.480 e. The number of carbonyl (C=O) groups is 1. The van der Waals surface area contributed by atoms with Crippen LogP contribution in [-0.2, 0) is 17.1 Å². The van der Waals surface area contributed by atoms with Crippen LogP contribution in [0.4, 0.5) is 0 Å². The first-order chi connectivity index (χ1) is 10.2. The summed E-state index contributed by atoms with van der Waals surface area (Å²) in [7, 11) is 0. The van der Waals surface area contributed by atoms with Crippen molar-refractivity contribution >= 4 is 29.1 Å². The average molecular weight is 324 g/mol. The lowest BCUT2D eigenvalue weighted by Crippen LogP contribution is -2.11. The SMILES string of the molecule is O=C(O)Cn1nnnc1SCc1nnc(-c2cccs2)o1. The molecule has 11 heteroatoms. The number of nitrogens with zero attached hydrogens (tertiary/aromatic N) is 6. The molecule has 0 aliphatic rings. The molecule has 0 saturated heterocycles. The average Bonchev–Trinajstić information content (AvgIpc) is 3.17. The summed E-state index contributed by atoms with van der Waals surface area (Å²) in [5.74, 6) is 0.235. The van der Waals surface area contributed by atoms with Gasteiger partial charge in [-0.1, -0.05) is 17.8 Å².